The van der Waals surface area contributed by atoms with Gasteiger partial charge in [0.05, 0.1) is 5.92 Å². The molecule has 1 aliphatic rings. The zero-order chi connectivity index (χ0) is 13.5. The fourth-order valence-corrected chi connectivity index (χ4v) is 2.27. The van der Waals surface area contributed by atoms with Crippen LogP contribution in [-0.2, 0) is 4.79 Å². The highest BCUT2D eigenvalue weighted by Crippen LogP contribution is 2.24. The molecule has 2 amide bonds. The Morgan fingerprint density at radius 1 is 1.28 bits per heavy atom. The molecular weight excluding hydrogens is 232 g/mol. The van der Waals surface area contributed by atoms with E-state index in [1.165, 1.54) is 0 Å². The largest absolute Gasteiger partial charge is 0.481 e. The lowest BCUT2D eigenvalue weighted by Crippen LogP contribution is -2.45. The smallest absolute Gasteiger partial charge is 0.317 e. The van der Waals surface area contributed by atoms with Crippen molar-refractivity contribution >= 4 is 12.0 Å². The normalized spacial score (nSPS) is 23.4. The monoisotopic (exact) mass is 256 g/mol. The topological polar surface area (TPSA) is 69.6 Å². The van der Waals surface area contributed by atoms with Gasteiger partial charge >= 0.3 is 12.0 Å². The number of carboxylic acid groups (broad SMARTS) is 1. The Labute approximate surface area is 109 Å². The van der Waals surface area contributed by atoms with E-state index in [9.17, 15) is 9.59 Å². The van der Waals surface area contributed by atoms with Gasteiger partial charge in [0.15, 0.2) is 0 Å². The molecule has 0 heterocycles. The van der Waals surface area contributed by atoms with Crippen LogP contribution in [-0.4, -0.2) is 41.6 Å². The van der Waals surface area contributed by atoms with Crippen LogP contribution in [0.5, 0.6) is 0 Å². The standard InChI is InChI=1S/C13H24N2O3/c1-3-4-9-15(2)13(18)14-11-7-5-10(6-8-11)12(16)17/h10-11H,3-9H2,1-2H3,(H,14,18)(H,16,17). The molecule has 0 unspecified atom stereocenters. The lowest BCUT2D eigenvalue weighted by atomic mass is 9.86. The summed E-state index contributed by atoms with van der Waals surface area (Å²) in [5.41, 5.74) is 0. The number of carbonyl (C=O) groups excluding carboxylic acids is 1. The first-order chi connectivity index (χ1) is 8.54. The molecule has 5 heteroatoms. The van der Waals surface area contributed by atoms with Gasteiger partial charge in [-0.1, -0.05) is 13.3 Å². The second-order valence-corrected chi connectivity index (χ2v) is 5.11. The second-order valence-electron chi connectivity index (χ2n) is 5.11. The van der Waals surface area contributed by atoms with E-state index in [0.717, 1.165) is 32.2 Å². The van der Waals surface area contributed by atoms with Gasteiger partial charge in [0.25, 0.3) is 0 Å². The summed E-state index contributed by atoms with van der Waals surface area (Å²) in [6.07, 6.45) is 4.95. The summed E-state index contributed by atoms with van der Waals surface area (Å²) in [5.74, 6) is -0.934. The Morgan fingerprint density at radius 3 is 2.39 bits per heavy atom. The number of hydrogen-bond donors (Lipinski definition) is 2. The van der Waals surface area contributed by atoms with Crippen LogP contribution in [0, 0.1) is 5.92 Å². The minimum absolute atomic E-state index is 0.0396. The van der Waals surface area contributed by atoms with Crippen LogP contribution >= 0.6 is 0 Å². The SMILES string of the molecule is CCCCN(C)C(=O)NC1CCC(C(=O)O)CC1. The van der Waals surface area contributed by atoms with Gasteiger partial charge in [-0.3, -0.25) is 4.79 Å². The van der Waals surface area contributed by atoms with E-state index in [-0.39, 0.29) is 18.0 Å². The second kappa shape index (κ2) is 7.24. The molecule has 0 atom stereocenters. The molecule has 1 fully saturated rings. The lowest BCUT2D eigenvalue weighted by molar-refractivity contribution is -0.142. The first kappa shape index (κ1) is 14.8. The van der Waals surface area contributed by atoms with Crippen LogP contribution in [0.15, 0.2) is 0 Å². The maximum absolute atomic E-state index is 11.8. The lowest BCUT2D eigenvalue weighted by Gasteiger charge is -2.28. The van der Waals surface area contributed by atoms with Gasteiger partial charge in [-0.2, -0.15) is 0 Å². The molecule has 1 saturated carbocycles. The third-order valence-electron chi connectivity index (χ3n) is 3.60. The molecule has 5 nitrogen and oxygen atoms in total. The number of nitrogens with zero attached hydrogens (tertiary/aromatic N) is 1. The molecule has 104 valence electrons. The van der Waals surface area contributed by atoms with Crippen LogP contribution in [0.1, 0.15) is 45.4 Å². The van der Waals surface area contributed by atoms with Gasteiger partial charge in [0, 0.05) is 19.6 Å². The van der Waals surface area contributed by atoms with Crippen molar-refractivity contribution in [1.82, 2.24) is 10.2 Å². The number of carbonyl (C=O) groups is 2. The Balaban J connectivity index is 2.27. The van der Waals surface area contributed by atoms with Crippen molar-refractivity contribution in [3.63, 3.8) is 0 Å². The number of rotatable bonds is 5. The molecule has 0 bridgehead atoms. The molecule has 0 spiro atoms. The summed E-state index contributed by atoms with van der Waals surface area (Å²) in [7, 11) is 1.80. The summed E-state index contributed by atoms with van der Waals surface area (Å²) in [5, 5.41) is 11.9. The molecule has 1 aliphatic carbocycles. The molecule has 1 rings (SSSR count). The number of hydrogen-bond acceptors (Lipinski definition) is 2. The van der Waals surface area contributed by atoms with Crippen molar-refractivity contribution in [3.8, 4) is 0 Å². The number of nitrogens with one attached hydrogen (secondary N) is 1. The van der Waals surface area contributed by atoms with E-state index in [2.05, 4.69) is 12.2 Å². The van der Waals surface area contributed by atoms with E-state index in [0.29, 0.717) is 12.8 Å². The summed E-state index contributed by atoms with van der Waals surface area (Å²) in [6, 6.07) is 0.0967. The summed E-state index contributed by atoms with van der Waals surface area (Å²) in [6.45, 7) is 2.87. The van der Waals surface area contributed by atoms with E-state index >= 15 is 0 Å². The fraction of sp³-hybridized carbons (Fsp3) is 0.846. The molecular formula is C13H24N2O3. The Kier molecular flexibility index (Phi) is 5.95. The minimum atomic E-state index is -0.708. The van der Waals surface area contributed by atoms with Gasteiger partial charge < -0.3 is 15.3 Å². The highest BCUT2D eigenvalue weighted by molar-refractivity contribution is 5.74. The van der Waals surface area contributed by atoms with Crippen molar-refractivity contribution in [2.24, 2.45) is 5.92 Å². The zero-order valence-electron chi connectivity index (χ0n) is 11.3. The molecule has 0 aromatic carbocycles. The maximum atomic E-state index is 11.8. The zero-order valence-corrected chi connectivity index (χ0v) is 11.3. The van der Waals surface area contributed by atoms with Crippen molar-refractivity contribution in [2.75, 3.05) is 13.6 Å². The van der Waals surface area contributed by atoms with Crippen molar-refractivity contribution in [2.45, 2.75) is 51.5 Å². The molecule has 0 aromatic rings. The van der Waals surface area contributed by atoms with Gasteiger partial charge in [-0.15, -0.1) is 0 Å². The fourth-order valence-electron chi connectivity index (χ4n) is 2.27. The van der Waals surface area contributed by atoms with Crippen molar-refractivity contribution < 1.29 is 14.7 Å². The Morgan fingerprint density at radius 2 is 1.89 bits per heavy atom. The first-order valence-corrected chi connectivity index (χ1v) is 6.79. The third-order valence-corrected chi connectivity index (χ3v) is 3.60. The molecule has 18 heavy (non-hydrogen) atoms. The van der Waals surface area contributed by atoms with Crippen LogP contribution < -0.4 is 5.32 Å². The van der Waals surface area contributed by atoms with Gasteiger partial charge in [-0.25, -0.2) is 4.79 Å². The maximum Gasteiger partial charge on any atom is 0.317 e. The van der Waals surface area contributed by atoms with E-state index in [1.54, 1.807) is 11.9 Å². The predicted molar refractivity (Wildman–Crippen MR) is 69.5 cm³/mol. The van der Waals surface area contributed by atoms with Gasteiger partial charge in [-0.05, 0) is 32.1 Å². The number of carboxylic acids is 1. The molecule has 0 aromatic heterocycles. The van der Waals surface area contributed by atoms with Gasteiger partial charge in [0.1, 0.15) is 0 Å². The van der Waals surface area contributed by atoms with Crippen LogP contribution in [0.3, 0.4) is 0 Å². The number of unbranched alkanes of at least 4 members (excludes halogenated alkanes) is 1. The summed E-state index contributed by atoms with van der Waals surface area (Å²) >= 11 is 0. The van der Waals surface area contributed by atoms with E-state index < -0.39 is 5.97 Å². The number of urea groups is 1. The molecule has 2 N–H and O–H groups in total. The molecule has 0 radical (unpaired) electrons. The highest BCUT2D eigenvalue weighted by atomic mass is 16.4. The Bertz CT molecular complexity index is 286. The van der Waals surface area contributed by atoms with Crippen LogP contribution in [0.2, 0.25) is 0 Å². The summed E-state index contributed by atoms with van der Waals surface area (Å²) in [4.78, 5) is 24.3. The Hall–Kier alpha value is -1.26. The van der Waals surface area contributed by atoms with E-state index in [4.69, 9.17) is 5.11 Å². The average Bonchev–Trinajstić information content (AvgIpc) is 2.36. The van der Waals surface area contributed by atoms with Gasteiger partial charge in [0.2, 0.25) is 0 Å². The van der Waals surface area contributed by atoms with Crippen molar-refractivity contribution in [3.05, 3.63) is 0 Å². The average molecular weight is 256 g/mol. The quantitative estimate of drug-likeness (QED) is 0.791. The predicted octanol–water partition coefficient (Wildman–Crippen LogP) is 2.07. The third kappa shape index (κ3) is 4.55. The summed E-state index contributed by atoms with van der Waals surface area (Å²) < 4.78 is 0. The number of aliphatic carboxylic acids is 1. The van der Waals surface area contributed by atoms with Crippen LogP contribution in [0.25, 0.3) is 0 Å². The van der Waals surface area contributed by atoms with Crippen LogP contribution in [0.4, 0.5) is 4.79 Å². The van der Waals surface area contributed by atoms with E-state index in [1.807, 2.05) is 0 Å². The first-order valence-electron chi connectivity index (χ1n) is 6.79. The number of amides is 2. The highest BCUT2D eigenvalue weighted by Gasteiger charge is 2.27. The molecule has 0 saturated heterocycles. The van der Waals surface area contributed by atoms with Crippen molar-refractivity contribution in [1.29, 1.82) is 0 Å². The minimum Gasteiger partial charge on any atom is -0.481 e. The molecule has 0 aliphatic heterocycles.